The number of piperidine rings is 1. The van der Waals surface area contributed by atoms with E-state index in [0.29, 0.717) is 12.1 Å². The topological polar surface area (TPSA) is 29.3 Å². The predicted octanol–water partition coefficient (Wildman–Crippen LogP) is 1.99. The maximum absolute atomic E-state index is 5.99. The lowest BCUT2D eigenvalue weighted by molar-refractivity contribution is 0.0787. The van der Waals surface area contributed by atoms with Crippen LogP contribution in [0.15, 0.2) is 0 Å². The molecular weight excluding hydrogens is 172 g/mol. The summed E-state index contributed by atoms with van der Waals surface area (Å²) < 4.78 is 0. The standard InChI is InChI=1S/C12H24N2/c1-9-4-3-5-12(9)14-7-6-11(13)8-10(14)2/h9-12H,3-8,13H2,1-2H3. The molecule has 82 valence electrons. The summed E-state index contributed by atoms with van der Waals surface area (Å²) in [5.74, 6) is 0.909. The summed E-state index contributed by atoms with van der Waals surface area (Å²) in [5, 5.41) is 0. The molecule has 0 bridgehead atoms. The Morgan fingerprint density at radius 2 is 1.93 bits per heavy atom. The quantitative estimate of drug-likeness (QED) is 0.695. The second-order valence-electron chi connectivity index (χ2n) is 5.35. The maximum atomic E-state index is 5.99. The van der Waals surface area contributed by atoms with Gasteiger partial charge >= 0.3 is 0 Å². The van der Waals surface area contributed by atoms with Crippen LogP contribution in [0, 0.1) is 5.92 Å². The van der Waals surface area contributed by atoms with Crippen molar-refractivity contribution in [2.24, 2.45) is 11.7 Å². The molecule has 1 aliphatic heterocycles. The van der Waals surface area contributed by atoms with Crippen molar-refractivity contribution in [1.29, 1.82) is 0 Å². The average Bonchev–Trinajstić information content (AvgIpc) is 2.52. The van der Waals surface area contributed by atoms with Crippen LogP contribution in [-0.2, 0) is 0 Å². The predicted molar refractivity (Wildman–Crippen MR) is 60.2 cm³/mol. The van der Waals surface area contributed by atoms with E-state index in [4.69, 9.17) is 5.73 Å². The number of likely N-dealkylation sites (tertiary alicyclic amines) is 1. The molecule has 1 saturated heterocycles. The van der Waals surface area contributed by atoms with Crippen LogP contribution in [-0.4, -0.2) is 29.6 Å². The monoisotopic (exact) mass is 196 g/mol. The molecule has 0 aromatic heterocycles. The van der Waals surface area contributed by atoms with E-state index in [1.165, 1.54) is 38.6 Å². The van der Waals surface area contributed by atoms with Gasteiger partial charge in [-0.25, -0.2) is 0 Å². The van der Waals surface area contributed by atoms with Crippen LogP contribution in [0.2, 0.25) is 0 Å². The van der Waals surface area contributed by atoms with E-state index < -0.39 is 0 Å². The summed E-state index contributed by atoms with van der Waals surface area (Å²) >= 11 is 0. The molecule has 1 heterocycles. The van der Waals surface area contributed by atoms with Gasteiger partial charge in [0.1, 0.15) is 0 Å². The van der Waals surface area contributed by atoms with E-state index in [1.54, 1.807) is 0 Å². The third-order valence-corrected chi connectivity index (χ3v) is 4.21. The molecule has 0 spiro atoms. The Bertz CT molecular complexity index is 193. The van der Waals surface area contributed by atoms with Gasteiger partial charge in [0.2, 0.25) is 0 Å². The second-order valence-corrected chi connectivity index (χ2v) is 5.35. The zero-order valence-electron chi connectivity index (χ0n) is 9.58. The van der Waals surface area contributed by atoms with Crippen molar-refractivity contribution in [3.63, 3.8) is 0 Å². The SMILES string of the molecule is CC1CCCC1N1CCC(N)CC1C. The van der Waals surface area contributed by atoms with Crippen molar-refractivity contribution in [2.45, 2.75) is 64.1 Å². The lowest BCUT2D eigenvalue weighted by Gasteiger charge is -2.42. The normalized spacial score (nSPS) is 45.6. The van der Waals surface area contributed by atoms with Crippen LogP contribution in [0.3, 0.4) is 0 Å². The molecule has 1 aliphatic carbocycles. The fourth-order valence-electron chi connectivity index (χ4n) is 3.34. The van der Waals surface area contributed by atoms with Crippen molar-refractivity contribution in [1.82, 2.24) is 4.90 Å². The van der Waals surface area contributed by atoms with Crippen molar-refractivity contribution in [2.75, 3.05) is 6.54 Å². The fraction of sp³-hybridized carbons (Fsp3) is 1.00. The Morgan fingerprint density at radius 3 is 2.50 bits per heavy atom. The first-order valence-electron chi connectivity index (χ1n) is 6.20. The van der Waals surface area contributed by atoms with Crippen LogP contribution in [0.1, 0.15) is 46.0 Å². The highest BCUT2D eigenvalue weighted by molar-refractivity contribution is 4.90. The number of nitrogens with two attached hydrogens (primary N) is 1. The van der Waals surface area contributed by atoms with E-state index >= 15 is 0 Å². The van der Waals surface area contributed by atoms with Crippen LogP contribution >= 0.6 is 0 Å². The number of hydrogen-bond acceptors (Lipinski definition) is 2. The van der Waals surface area contributed by atoms with E-state index in [-0.39, 0.29) is 0 Å². The van der Waals surface area contributed by atoms with Crippen molar-refractivity contribution < 1.29 is 0 Å². The number of rotatable bonds is 1. The first-order chi connectivity index (χ1) is 6.68. The molecule has 2 heteroatoms. The minimum Gasteiger partial charge on any atom is -0.328 e. The summed E-state index contributed by atoms with van der Waals surface area (Å²) in [6.07, 6.45) is 6.68. The van der Waals surface area contributed by atoms with Gasteiger partial charge in [0.25, 0.3) is 0 Å². The highest BCUT2D eigenvalue weighted by Crippen LogP contribution is 2.33. The maximum Gasteiger partial charge on any atom is 0.0124 e. The first-order valence-corrected chi connectivity index (χ1v) is 6.20. The van der Waals surface area contributed by atoms with E-state index in [2.05, 4.69) is 18.7 Å². The van der Waals surface area contributed by atoms with E-state index in [1.807, 2.05) is 0 Å². The Labute approximate surface area is 87.8 Å². The zero-order valence-corrected chi connectivity index (χ0v) is 9.58. The largest absolute Gasteiger partial charge is 0.328 e. The molecule has 2 fully saturated rings. The minimum atomic E-state index is 0.456. The van der Waals surface area contributed by atoms with E-state index in [9.17, 15) is 0 Å². The van der Waals surface area contributed by atoms with E-state index in [0.717, 1.165) is 12.0 Å². The molecule has 0 radical (unpaired) electrons. The molecule has 2 N–H and O–H groups in total. The lowest BCUT2D eigenvalue weighted by atomic mass is 9.94. The summed E-state index contributed by atoms with van der Waals surface area (Å²) in [4.78, 5) is 2.72. The van der Waals surface area contributed by atoms with Gasteiger partial charge in [-0.2, -0.15) is 0 Å². The smallest absolute Gasteiger partial charge is 0.0124 e. The molecule has 2 aliphatic rings. The summed E-state index contributed by atoms with van der Waals surface area (Å²) in [6, 6.07) is 2.03. The summed E-state index contributed by atoms with van der Waals surface area (Å²) in [7, 11) is 0. The molecule has 0 amide bonds. The molecular formula is C12H24N2. The van der Waals surface area contributed by atoms with Crippen molar-refractivity contribution >= 4 is 0 Å². The van der Waals surface area contributed by atoms with Crippen molar-refractivity contribution in [3.05, 3.63) is 0 Å². The van der Waals surface area contributed by atoms with Gasteiger partial charge in [-0.1, -0.05) is 13.3 Å². The molecule has 4 atom stereocenters. The summed E-state index contributed by atoms with van der Waals surface area (Å²) in [5.41, 5.74) is 5.99. The Morgan fingerprint density at radius 1 is 1.14 bits per heavy atom. The van der Waals surface area contributed by atoms with Gasteiger partial charge in [0.05, 0.1) is 0 Å². The van der Waals surface area contributed by atoms with Crippen LogP contribution < -0.4 is 5.73 Å². The number of hydrogen-bond donors (Lipinski definition) is 1. The van der Waals surface area contributed by atoms with Crippen LogP contribution in [0.4, 0.5) is 0 Å². The molecule has 2 nitrogen and oxygen atoms in total. The van der Waals surface area contributed by atoms with Gasteiger partial charge in [-0.3, -0.25) is 4.90 Å². The molecule has 1 saturated carbocycles. The minimum absolute atomic E-state index is 0.456. The van der Waals surface area contributed by atoms with Gasteiger partial charge < -0.3 is 5.73 Å². The average molecular weight is 196 g/mol. The highest BCUT2D eigenvalue weighted by Gasteiger charge is 2.34. The molecule has 2 rings (SSSR count). The highest BCUT2D eigenvalue weighted by atomic mass is 15.2. The van der Waals surface area contributed by atoms with Crippen molar-refractivity contribution in [3.8, 4) is 0 Å². The molecule has 14 heavy (non-hydrogen) atoms. The summed E-state index contributed by atoms with van der Waals surface area (Å²) in [6.45, 7) is 6.00. The Balaban J connectivity index is 1.96. The number of nitrogens with zero attached hydrogens (tertiary/aromatic N) is 1. The van der Waals surface area contributed by atoms with Gasteiger partial charge in [-0.05, 0) is 38.5 Å². The van der Waals surface area contributed by atoms with Crippen LogP contribution in [0.25, 0.3) is 0 Å². The second kappa shape index (κ2) is 4.19. The Kier molecular flexibility index (Phi) is 3.13. The lowest BCUT2D eigenvalue weighted by Crippen LogP contribution is -2.50. The zero-order chi connectivity index (χ0) is 10.1. The third-order valence-electron chi connectivity index (χ3n) is 4.21. The van der Waals surface area contributed by atoms with Gasteiger partial charge in [-0.15, -0.1) is 0 Å². The molecule has 0 aromatic rings. The Hall–Kier alpha value is -0.0800. The fourth-order valence-corrected chi connectivity index (χ4v) is 3.34. The van der Waals surface area contributed by atoms with Crippen LogP contribution in [0.5, 0.6) is 0 Å². The van der Waals surface area contributed by atoms with Gasteiger partial charge in [0.15, 0.2) is 0 Å². The molecule has 0 aromatic carbocycles. The third kappa shape index (κ3) is 1.96. The van der Waals surface area contributed by atoms with Gasteiger partial charge in [0, 0.05) is 24.7 Å². The first kappa shape index (κ1) is 10.4. The molecule has 4 unspecified atom stereocenters.